The first-order valence-corrected chi connectivity index (χ1v) is 9.14. The van der Waals surface area contributed by atoms with Crippen LogP contribution in [0.3, 0.4) is 0 Å². The van der Waals surface area contributed by atoms with Crippen molar-refractivity contribution in [2.45, 2.75) is 76.2 Å². The Morgan fingerprint density at radius 1 is 1.14 bits per heavy atom. The van der Waals surface area contributed by atoms with Gasteiger partial charge in [-0.2, -0.15) is 0 Å². The van der Waals surface area contributed by atoms with Crippen LogP contribution in [0.5, 0.6) is 0 Å². The molecule has 0 bridgehead atoms. The molecular weight excluding hydrogens is 254 g/mol. The van der Waals surface area contributed by atoms with Crippen LogP contribution < -0.4 is 5.32 Å². The molecule has 2 aliphatic rings. The highest BCUT2D eigenvalue weighted by molar-refractivity contribution is 5.29. The molecule has 0 spiro atoms. The van der Waals surface area contributed by atoms with Crippen LogP contribution >= 0.6 is 0 Å². The molecule has 1 aromatic rings. The summed E-state index contributed by atoms with van der Waals surface area (Å²) >= 11 is 0. The van der Waals surface area contributed by atoms with Crippen molar-refractivity contribution in [1.29, 1.82) is 0 Å². The average molecular weight is 285 g/mol. The Kier molecular flexibility index (Phi) is 5.00. The van der Waals surface area contributed by atoms with Crippen molar-refractivity contribution in [3.63, 3.8) is 0 Å². The average Bonchev–Trinajstić information content (AvgIpc) is 3.23. The molecule has 0 amide bonds. The van der Waals surface area contributed by atoms with E-state index in [1.54, 1.807) is 5.56 Å². The molecule has 1 atom stereocenters. The quantitative estimate of drug-likeness (QED) is 0.704. The van der Waals surface area contributed by atoms with Crippen LogP contribution in [0.2, 0.25) is 0 Å². The molecule has 116 valence electrons. The van der Waals surface area contributed by atoms with Crippen LogP contribution in [-0.2, 0) is 5.41 Å². The fourth-order valence-corrected chi connectivity index (χ4v) is 4.32. The van der Waals surface area contributed by atoms with E-state index in [1.165, 1.54) is 64.3 Å². The molecule has 1 N–H and O–H groups in total. The zero-order chi connectivity index (χ0) is 14.5. The van der Waals surface area contributed by atoms with Crippen LogP contribution in [0.1, 0.15) is 70.3 Å². The minimum Gasteiger partial charge on any atom is -0.313 e. The van der Waals surface area contributed by atoms with Gasteiger partial charge in [-0.25, -0.2) is 0 Å². The van der Waals surface area contributed by atoms with E-state index in [-0.39, 0.29) is 0 Å². The first kappa shape index (κ1) is 15.1. The third-order valence-corrected chi connectivity index (χ3v) is 5.71. The Morgan fingerprint density at radius 2 is 1.86 bits per heavy atom. The van der Waals surface area contributed by atoms with Crippen molar-refractivity contribution < 1.29 is 0 Å². The van der Waals surface area contributed by atoms with Gasteiger partial charge in [0.25, 0.3) is 0 Å². The summed E-state index contributed by atoms with van der Waals surface area (Å²) in [6.07, 6.45) is 12.6. The van der Waals surface area contributed by atoms with E-state index in [4.69, 9.17) is 0 Å². The first-order valence-electron chi connectivity index (χ1n) is 9.14. The van der Waals surface area contributed by atoms with E-state index in [1.807, 2.05) is 0 Å². The molecule has 0 aromatic heterocycles. The second-order valence-corrected chi connectivity index (χ2v) is 7.26. The van der Waals surface area contributed by atoms with Gasteiger partial charge in [0, 0.05) is 11.5 Å². The summed E-state index contributed by atoms with van der Waals surface area (Å²) < 4.78 is 0. The van der Waals surface area contributed by atoms with Gasteiger partial charge in [-0.05, 0) is 50.1 Å². The standard InChI is InChI=1S/C20H31N/c1-2-16-21-19(13-12-17-10-11-17)20(14-6-7-15-20)18-8-4-3-5-9-18/h3-5,8-9,17,19,21H,2,6-7,10-16H2,1H3. The maximum Gasteiger partial charge on any atom is 0.0164 e. The van der Waals surface area contributed by atoms with Gasteiger partial charge in [0.2, 0.25) is 0 Å². The van der Waals surface area contributed by atoms with Gasteiger partial charge in [-0.1, -0.05) is 62.9 Å². The molecule has 0 heterocycles. The summed E-state index contributed by atoms with van der Waals surface area (Å²) in [4.78, 5) is 0. The van der Waals surface area contributed by atoms with Gasteiger partial charge in [-0.15, -0.1) is 0 Å². The fourth-order valence-electron chi connectivity index (χ4n) is 4.32. The third-order valence-electron chi connectivity index (χ3n) is 5.71. The van der Waals surface area contributed by atoms with E-state index < -0.39 is 0 Å². The van der Waals surface area contributed by atoms with Gasteiger partial charge in [0.1, 0.15) is 0 Å². The molecule has 1 aromatic carbocycles. The lowest BCUT2D eigenvalue weighted by Gasteiger charge is -2.39. The van der Waals surface area contributed by atoms with E-state index in [2.05, 4.69) is 42.6 Å². The number of nitrogens with one attached hydrogen (secondary N) is 1. The Labute approximate surface area is 130 Å². The van der Waals surface area contributed by atoms with Crippen LogP contribution in [0.4, 0.5) is 0 Å². The molecule has 2 saturated carbocycles. The Balaban J connectivity index is 1.80. The van der Waals surface area contributed by atoms with E-state index in [0.29, 0.717) is 11.5 Å². The van der Waals surface area contributed by atoms with Gasteiger partial charge >= 0.3 is 0 Å². The number of rotatable bonds is 8. The molecule has 1 nitrogen and oxygen atoms in total. The summed E-state index contributed by atoms with van der Waals surface area (Å²) in [5, 5.41) is 3.93. The summed E-state index contributed by atoms with van der Waals surface area (Å²) in [5.41, 5.74) is 2.00. The zero-order valence-corrected chi connectivity index (χ0v) is 13.6. The van der Waals surface area contributed by atoms with Crippen molar-refractivity contribution in [2.24, 2.45) is 5.92 Å². The van der Waals surface area contributed by atoms with Gasteiger partial charge in [0.15, 0.2) is 0 Å². The smallest absolute Gasteiger partial charge is 0.0164 e. The van der Waals surface area contributed by atoms with Crippen molar-refractivity contribution in [3.05, 3.63) is 35.9 Å². The Hall–Kier alpha value is -0.820. The Bertz CT molecular complexity index is 415. The third kappa shape index (κ3) is 3.51. The second-order valence-electron chi connectivity index (χ2n) is 7.26. The molecule has 21 heavy (non-hydrogen) atoms. The topological polar surface area (TPSA) is 12.0 Å². The Morgan fingerprint density at radius 3 is 2.48 bits per heavy atom. The molecule has 1 unspecified atom stereocenters. The maximum absolute atomic E-state index is 3.93. The summed E-state index contributed by atoms with van der Waals surface area (Å²) in [6.45, 7) is 3.46. The van der Waals surface area contributed by atoms with Gasteiger partial charge in [0.05, 0.1) is 0 Å². The lowest BCUT2D eigenvalue weighted by molar-refractivity contribution is 0.273. The predicted octanol–water partition coefficient (Wildman–Crippen LogP) is 5.06. The molecular formula is C20H31N. The fraction of sp³-hybridized carbons (Fsp3) is 0.700. The maximum atomic E-state index is 3.93. The minimum atomic E-state index is 0.408. The number of hydrogen-bond acceptors (Lipinski definition) is 1. The minimum absolute atomic E-state index is 0.408. The molecule has 2 fully saturated rings. The molecule has 3 rings (SSSR count). The largest absolute Gasteiger partial charge is 0.313 e. The van der Waals surface area contributed by atoms with Crippen molar-refractivity contribution in [1.82, 2.24) is 5.32 Å². The molecule has 1 heteroatoms. The van der Waals surface area contributed by atoms with Gasteiger partial charge in [-0.3, -0.25) is 0 Å². The second kappa shape index (κ2) is 6.96. The van der Waals surface area contributed by atoms with Crippen molar-refractivity contribution in [2.75, 3.05) is 6.54 Å². The highest BCUT2D eigenvalue weighted by Crippen LogP contribution is 2.46. The van der Waals surface area contributed by atoms with E-state index in [0.717, 1.165) is 5.92 Å². The summed E-state index contributed by atoms with van der Waals surface area (Å²) in [5.74, 6) is 1.05. The number of hydrogen-bond donors (Lipinski definition) is 1. The molecule has 0 radical (unpaired) electrons. The lowest BCUT2D eigenvalue weighted by atomic mass is 9.71. The van der Waals surface area contributed by atoms with Crippen molar-refractivity contribution in [3.8, 4) is 0 Å². The highest BCUT2D eigenvalue weighted by Gasteiger charge is 2.42. The SMILES string of the molecule is CCCNC(CCC1CC1)C1(c2ccccc2)CCCC1. The molecule has 0 aliphatic heterocycles. The van der Waals surface area contributed by atoms with Crippen LogP contribution in [0, 0.1) is 5.92 Å². The van der Waals surface area contributed by atoms with Crippen molar-refractivity contribution >= 4 is 0 Å². The predicted molar refractivity (Wildman–Crippen MR) is 90.6 cm³/mol. The zero-order valence-electron chi connectivity index (χ0n) is 13.6. The summed E-state index contributed by atoms with van der Waals surface area (Å²) in [6, 6.07) is 12.1. The normalized spacial score (nSPS) is 22.3. The number of benzene rings is 1. The first-order chi connectivity index (χ1) is 10.3. The van der Waals surface area contributed by atoms with E-state index in [9.17, 15) is 0 Å². The monoisotopic (exact) mass is 285 g/mol. The van der Waals surface area contributed by atoms with Crippen LogP contribution in [0.25, 0.3) is 0 Å². The van der Waals surface area contributed by atoms with Crippen LogP contribution in [-0.4, -0.2) is 12.6 Å². The molecule has 0 saturated heterocycles. The summed E-state index contributed by atoms with van der Waals surface area (Å²) in [7, 11) is 0. The lowest BCUT2D eigenvalue weighted by Crippen LogP contribution is -2.47. The van der Waals surface area contributed by atoms with Crippen LogP contribution in [0.15, 0.2) is 30.3 Å². The van der Waals surface area contributed by atoms with Gasteiger partial charge < -0.3 is 5.32 Å². The highest BCUT2D eigenvalue weighted by atomic mass is 14.9. The van der Waals surface area contributed by atoms with E-state index >= 15 is 0 Å². The molecule has 2 aliphatic carbocycles.